The first-order chi connectivity index (χ1) is 15.0. The van der Waals surface area contributed by atoms with Crippen LogP contribution in [0.25, 0.3) is 10.9 Å². The molecule has 0 aliphatic heterocycles. The molecule has 156 valence electrons. The number of aromatic nitrogens is 2. The third-order valence-electron chi connectivity index (χ3n) is 4.93. The number of primary amides is 1. The standard InChI is InChI=1S/C24H21N3O3S/c1-30-19-12-8-16(9-13-19)14-27-23(29)20-4-2-3-5-21(20)26-24(27)31-15-17-6-10-18(11-7-17)22(25)28/h2-13H,14-15H2,1H3,(H2,25,28). The van der Waals surface area contributed by atoms with E-state index in [-0.39, 0.29) is 5.56 Å². The average molecular weight is 432 g/mol. The minimum Gasteiger partial charge on any atom is -0.497 e. The number of amides is 1. The number of benzene rings is 3. The summed E-state index contributed by atoms with van der Waals surface area (Å²) < 4.78 is 6.92. The average Bonchev–Trinajstić information content (AvgIpc) is 2.80. The smallest absolute Gasteiger partial charge is 0.262 e. The Morgan fingerprint density at radius 1 is 1.00 bits per heavy atom. The highest BCUT2D eigenvalue weighted by molar-refractivity contribution is 7.98. The van der Waals surface area contributed by atoms with E-state index in [0.717, 1.165) is 16.9 Å². The number of ether oxygens (including phenoxy) is 1. The van der Waals surface area contributed by atoms with E-state index < -0.39 is 5.91 Å². The second-order valence-electron chi connectivity index (χ2n) is 7.00. The van der Waals surface area contributed by atoms with Gasteiger partial charge in [-0.1, -0.05) is 48.2 Å². The van der Waals surface area contributed by atoms with Gasteiger partial charge in [0.1, 0.15) is 5.75 Å². The van der Waals surface area contributed by atoms with Crippen molar-refractivity contribution in [1.82, 2.24) is 9.55 Å². The maximum Gasteiger partial charge on any atom is 0.262 e. The van der Waals surface area contributed by atoms with Crippen molar-refractivity contribution in [2.45, 2.75) is 17.5 Å². The number of hydrogen-bond donors (Lipinski definition) is 1. The molecule has 6 nitrogen and oxygen atoms in total. The lowest BCUT2D eigenvalue weighted by Crippen LogP contribution is -2.24. The van der Waals surface area contributed by atoms with E-state index in [2.05, 4.69) is 0 Å². The van der Waals surface area contributed by atoms with Gasteiger partial charge in [-0.25, -0.2) is 4.98 Å². The Kier molecular flexibility index (Phi) is 6.04. The van der Waals surface area contributed by atoms with Crippen LogP contribution >= 0.6 is 11.8 Å². The molecule has 0 saturated heterocycles. The Balaban J connectivity index is 1.67. The van der Waals surface area contributed by atoms with E-state index >= 15 is 0 Å². The molecule has 0 unspecified atom stereocenters. The molecule has 1 heterocycles. The zero-order valence-electron chi connectivity index (χ0n) is 16.9. The van der Waals surface area contributed by atoms with Gasteiger partial charge >= 0.3 is 0 Å². The van der Waals surface area contributed by atoms with E-state index in [9.17, 15) is 9.59 Å². The largest absolute Gasteiger partial charge is 0.497 e. The summed E-state index contributed by atoms with van der Waals surface area (Å²) in [6.45, 7) is 0.406. The van der Waals surface area contributed by atoms with Crippen molar-refractivity contribution < 1.29 is 9.53 Å². The molecule has 4 aromatic rings. The van der Waals surface area contributed by atoms with Gasteiger partial charge in [-0.15, -0.1) is 0 Å². The molecule has 0 radical (unpaired) electrons. The van der Waals surface area contributed by atoms with Crippen LogP contribution in [-0.2, 0) is 12.3 Å². The second kappa shape index (κ2) is 9.06. The molecule has 2 N–H and O–H groups in total. The Morgan fingerprint density at radius 2 is 1.68 bits per heavy atom. The fourth-order valence-electron chi connectivity index (χ4n) is 3.22. The number of rotatable bonds is 7. The molecular weight excluding hydrogens is 410 g/mol. The first-order valence-corrected chi connectivity index (χ1v) is 10.7. The van der Waals surface area contributed by atoms with Crippen molar-refractivity contribution in [2.24, 2.45) is 5.73 Å². The molecule has 0 saturated carbocycles. The van der Waals surface area contributed by atoms with E-state index in [1.165, 1.54) is 11.8 Å². The number of methoxy groups -OCH3 is 1. The van der Waals surface area contributed by atoms with Crippen LogP contribution in [0.5, 0.6) is 5.75 Å². The monoisotopic (exact) mass is 431 g/mol. The Bertz CT molecular complexity index is 1280. The van der Waals surface area contributed by atoms with Crippen LogP contribution in [-0.4, -0.2) is 22.6 Å². The lowest BCUT2D eigenvalue weighted by atomic mass is 10.1. The summed E-state index contributed by atoms with van der Waals surface area (Å²) in [6, 6.07) is 22.1. The molecule has 0 spiro atoms. The molecule has 31 heavy (non-hydrogen) atoms. The van der Waals surface area contributed by atoms with Crippen LogP contribution in [0.1, 0.15) is 21.5 Å². The number of nitrogens with zero attached hydrogens (tertiary/aromatic N) is 2. The van der Waals surface area contributed by atoms with Crippen LogP contribution in [0.2, 0.25) is 0 Å². The molecule has 0 aliphatic rings. The number of para-hydroxylation sites is 1. The maximum atomic E-state index is 13.2. The Labute approximate surface area is 183 Å². The second-order valence-corrected chi connectivity index (χ2v) is 7.94. The van der Waals surface area contributed by atoms with Gasteiger partial charge in [-0.2, -0.15) is 0 Å². The van der Waals surface area contributed by atoms with Gasteiger partial charge in [0.05, 0.1) is 24.6 Å². The van der Waals surface area contributed by atoms with Gasteiger partial charge in [0, 0.05) is 11.3 Å². The van der Waals surface area contributed by atoms with Crippen molar-refractivity contribution in [3.8, 4) is 5.75 Å². The van der Waals surface area contributed by atoms with Crippen molar-refractivity contribution in [3.05, 3.63) is 99.8 Å². The lowest BCUT2D eigenvalue weighted by Gasteiger charge is -2.14. The van der Waals surface area contributed by atoms with Crippen LogP contribution in [0.4, 0.5) is 0 Å². The normalized spacial score (nSPS) is 10.9. The SMILES string of the molecule is COc1ccc(Cn2c(SCc3ccc(C(N)=O)cc3)nc3ccccc3c2=O)cc1. The number of carbonyl (C=O) groups is 1. The molecule has 7 heteroatoms. The molecule has 0 fully saturated rings. The van der Waals surface area contributed by atoms with Crippen LogP contribution in [0.15, 0.2) is 82.7 Å². The fraction of sp³-hybridized carbons (Fsp3) is 0.125. The predicted octanol–water partition coefficient (Wildman–Crippen LogP) is 3.84. The zero-order valence-corrected chi connectivity index (χ0v) is 17.8. The molecule has 0 aliphatic carbocycles. The summed E-state index contributed by atoms with van der Waals surface area (Å²) in [4.78, 5) is 29.3. The first kappa shape index (κ1) is 20.7. The quantitative estimate of drug-likeness (QED) is 0.355. The number of thioether (sulfide) groups is 1. The van der Waals surface area contributed by atoms with Crippen LogP contribution < -0.4 is 16.0 Å². The summed E-state index contributed by atoms with van der Waals surface area (Å²) in [5, 5.41) is 1.23. The lowest BCUT2D eigenvalue weighted by molar-refractivity contribution is 0.100. The van der Waals surface area contributed by atoms with E-state index in [4.69, 9.17) is 15.5 Å². The highest BCUT2D eigenvalue weighted by atomic mass is 32.2. The van der Waals surface area contributed by atoms with E-state index in [1.807, 2.05) is 54.6 Å². The van der Waals surface area contributed by atoms with Crippen molar-refractivity contribution >= 4 is 28.6 Å². The van der Waals surface area contributed by atoms with Gasteiger partial charge in [0.25, 0.3) is 5.56 Å². The fourth-order valence-corrected chi connectivity index (χ4v) is 4.18. The highest BCUT2D eigenvalue weighted by Crippen LogP contribution is 2.23. The molecule has 1 amide bonds. The van der Waals surface area contributed by atoms with Gasteiger partial charge in [0.15, 0.2) is 5.16 Å². The summed E-state index contributed by atoms with van der Waals surface area (Å²) in [6.07, 6.45) is 0. The number of hydrogen-bond acceptors (Lipinski definition) is 5. The van der Waals surface area contributed by atoms with Crippen molar-refractivity contribution in [1.29, 1.82) is 0 Å². The summed E-state index contributed by atoms with van der Waals surface area (Å²) in [5.41, 5.74) is 8.36. The zero-order chi connectivity index (χ0) is 21.8. The number of carbonyl (C=O) groups excluding carboxylic acids is 1. The van der Waals surface area contributed by atoms with Crippen molar-refractivity contribution in [3.63, 3.8) is 0 Å². The summed E-state index contributed by atoms with van der Waals surface area (Å²) in [5.74, 6) is 0.914. The topological polar surface area (TPSA) is 87.2 Å². The van der Waals surface area contributed by atoms with Crippen LogP contribution in [0, 0.1) is 0 Å². The highest BCUT2D eigenvalue weighted by Gasteiger charge is 2.13. The molecule has 3 aromatic carbocycles. The number of fused-ring (bicyclic) bond motifs is 1. The molecule has 4 rings (SSSR count). The molecular formula is C24H21N3O3S. The molecule has 0 atom stereocenters. The van der Waals surface area contributed by atoms with Gasteiger partial charge in [-0.3, -0.25) is 14.2 Å². The van der Waals surface area contributed by atoms with E-state index in [1.54, 1.807) is 29.9 Å². The third kappa shape index (κ3) is 4.62. The maximum absolute atomic E-state index is 13.2. The van der Waals surface area contributed by atoms with Gasteiger partial charge in [-0.05, 0) is 47.5 Å². The first-order valence-electron chi connectivity index (χ1n) is 9.69. The summed E-state index contributed by atoms with van der Waals surface area (Å²) in [7, 11) is 1.62. The Hall–Kier alpha value is -3.58. The number of nitrogens with two attached hydrogens (primary N) is 1. The molecule has 0 bridgehead atoms. The Morgan fingerprint density at radius 3 is 2.35 bits per heavy atom. The minimum atomic E-state index is -0.455. The minimum absolute atomic E-state index is 0.0759. The predicted molar refractivity (Wildman–Crippen MR) is 123 cm³/mol. The summed E-state index contributed by atoms with van der Waals surface area (Å²) >= 11 is 1.48. The van der Waals surface area contributed by atoms with Crippen molar-refractivity contribution in [2.75, 3.05) is 7.11 Å². The third-order valence-corrected chi connectivity index (χ3v) is 5.98. The van der Waals surface area contributed by atoms with Gasteiger partial charge in [0.2, 0.25) is 5.91 Å². The molecule has 1 aromatic heterocycles. The van der Waals surface area contributed by atoms with Gasteiger partial charge < -0.3 is 10.5 Å². The van der Waals surface area contributed by atoms with Crippen LogP contribution in [0.3, 0.4) is 0 Å². The van der Waals surface area contributed by atoms with E-state index in [0.29, 0.717) is 33.9 Å².